The van der Waals surface area contributed by atoms with Gasteiger partial charge >= 0.3 is 0 Å². The van der Waals surface area contributed by atoms with Crippen LogP contribution in [0.3, 0.4) is 0 Å². The van der Waals surface area contributed by atoms with E-state index in [0.717, 1.165) is 30.7 Å². The van der Waals surface area contributed by atoms with Crippen LogP contribution in [0.1, 0.15) is 32.6 Å². The predicted molar refractivity (Wildman–Crippen MR) is 83.9 cm³/mol. The highest BCUT2D eigenvalue weighted by Gasteiger charge is 2.37. The van der Waals surface area contributed by atoms with Crippen LogP contribution < -0.4 is 15.0 Å². The number of carbonyl (C=O) groups excluding carboxylic acids is 2. The van der Waals surface area contributed by atoms with E-state index in [-0.39, 0.29) is 17.7 Å². The molecule has 1 aromatic carbocycles. The fraction of sp³-hybridized carbons (Fsp3) is 0.529. The third-order valence-corrected chi connectivity index (χ3v) is 4.04. The minimum Gasteiger partial charge on any atom is -0.494 e. The second-order valence-electron chi connectivity index (χ2n) is 6.03. The van der Waals surface area contributed by atoms with E-state index in [1.165, 1.54) is 0 Å². The van der Waals surface area contributed by atoms with E-state index in [4.69, 9.17) is 4.74 Å². The van der Waals surface area contributed by atoms with Gasteiger partial charge in [0, 0.05) is 24.7 Å². The van der Waals surface area contributed by atoms with Crippen molar-refractivity contribution in [2.24, 2.45) is 5.92 Å². The molecule has 1 aliphatic heterocycles. The summed E-state index contributed by atoms with van der Waals surface area (Å²) in [6, 6.07) is 7.84. The van der Waals surface area contributed by atoms with Crippen LogP contribution in [0.4, 0.5) is 5.69 Å². The number of rotatable bonds is 6. The van der Waals surface area contributed by atoms with Gasteiger partial charge in [-0.25, -0.2) is 0 Å². The topological polar surface area (TPSA) is 58.6 Å². The van der Waals surface area contributed by atoms with E-state index in [9.17, 15) is 9.59 Å². The number of benzene rings is 1. The average Bonchev–Trinajstić information content (AvgIpc) is 3.25. The quantitative estimate of drug-likeness (QED) is 0.875. The van der Waals surface area contributed by atoms with Crippen molar-refractivity contribution in [1.82, 2.24) is 5.32 Å². The second-order valence-corrected chi connectivity index (χ2v) is 6.03. The zero-order valence-electron chi connectivity index (χ0n) is 12.9. The molecule has 5 nitrogen and oxygen atoms in total. The molecular weight excluding hydrogens is 280 g/mol. The van der Waals surface area contributed by atoms with Gasteiger partial charge in [0.25, 0.3) is 0 Å². The van der Waals surface area contributed by atoms with Crippen molar-refractivity contribution in [3.8, 4) is 5.75 Å². The van der Waals surface area contributed by atoms with Gasteiger partial charge in [-0.2, -0.15) is 0 Å². The molecule has 1 unspecified atom stereocenters. The van der Waals surface area contributed by atoms with Crippen LogP contribution in [0.25, 0.3) is 0 Å². The van der Waals surface area contributed by atoms with Crippen molar-refractivity contribution in [3.05, 3.63) is 24.3 Å². The fourth-order valence-corrected chi connectivity index (χ4v) is 2.62. The second kappa shape index (κ2) is 6.38. The molecule has 1 aliphatic carbocycles. The first-order valence-corrected chi connectivity index (χ1v) is 8.01. The van der Waals surface area contributed by atoms with Crippen LogP contribution in [0.5, 0.6) is 5.75 Å². The minimum absolute atomic E-state index is 0.0122. The Balaban J connectivity index is 1.61. The maximum Gasteiger partial charge on any atom is 0.227 e. The lowest BCUT2D eigenvalue weighted by atomic mass is 10.1. The number of hydrogen-bond acceptors (Lipinski definition) is 3. The zero-order valence-corrected chi connectivity index (χ0v) is 12.9. The van der Waals surface area contributed by atoms with Crippen molar-refractivity contribution < 1.29 is 14.3 Å². The van der Waals surface area contributed by atoms with E-state index in [0.29, 0.717) is 25.6 Å². The van der Waals surface area contributed by atoms with Gasteiger partial charge in [-0.1, -0.05) is 6.92 Å². The van der Waals surface area contributed by atoms with Crippen molar-refractivity contribution in [2.75, 3.05) is 18.1 Å². The molecule has 1 saturated heterocycles. The molecule has 1 saturated carbocycles. The molecule has 5 heteroatoms. The van der Waals surface area contributed by atoms with Crippen LogP contribution in [0.2, 0.25) is 0 Å². The summed E-state index contributed by atoms with van der Waals surface area (Å²) in [7, 11) is 0. The first kappa shape index (κ1) is 14.9. The Kier molecular flexibility index (Phi) is 4.32. The van der Waals surface area contributed by atoms with E-state index < -0.39 is 0 Å². The molecule has 0 spiro atoms. The molecule has 0 bridgehead atoms. The summed E-state index contributed by atoms with van der Waals surface area (Å²) >= 11 is 0. The predicted octanol–water partition coefficient (Wildman–Crippen LogP) is 2.11. The summed E-state index contributed by atoms with van der Waals surface area (Å²) in [6.45, 7) is 3.21. The van der Waals surface area contributed by atoms with Crippen LogP contribution in [-0.4, -0.2) is 31.0 Å². The number of anilines is 1. The summed E-state index contributed by atoms with van der Waals surface area (Å²) < 4.78 is 5.54. The third kappa shape index (κ3) is 3.40. The molecule has 2 amide bonds. The van der Waals surface area contributed by atoms with Gasteiger partial charge < -0.3 is 15.0 Å². The smallest absolute Gasteiger partial charge is 0.227 e. The number of nitrogens with one attached hydrogen (secondary N) is 1. The van der Waals surface area contributed by atoms with Gasteiger partial charge in [0.15, 0.2) is 0 Å². The monoisotopic (exact) mass is 302 g/mol. The molecule has 1 aromatic rings. The van der Waals surface area contributed by atoms with E-state index >= 15 is 0 Å². The minimum atomic E-state index is -0.232. The lowest BCUT2D eigenvalue weighted by Crippen LogP contribution is -2.34. The van der Waals surface area contributed by atoms with Crippen LogP contribution in [-0.2, 0) is 9.59 Å². The highest BCUT2D eigenvalue weighted by molar-refractivity contribution is 6.00. The number of ether oxygens (including phenoxy) is 1. The Morgan fingerprint density at radius 3 is 2.68 bits per heavy atom. The molecule has 1 N–H and O–H groups in total. The van der Waals surface area contributed by atoms with Crippen LogP contribution >= 0.6 is 0 Å². The van der Waals surface area contributed by atoms with E-state index in [2.05, 4.69) is 12.2 Å². The molecule has 1 atom stereocenters. The summed E-state index contributed by atoms with van der Waals surface area (Å²) in [5.41, 5.74) is 0.829. The molecular formula is C17H22N2O3. The maximum absolute atomic E-state index is 12.2. The zero-order chi connectivity index (χ0) is 15.5. The lowest BCUT2D eigenvalue weighted by Gasteiger charge is -2.17. The lowest BCUT2D eigenvalue weighted by molar-refractivity contribution is -0.126. The van der Waals surface area contributed by atoms with Crippen molar-refractivity contribution in [3.63, 3.8) is 0 Å². The normalized spacial score (nSPS) is 21.0. The van der Waals surface area contributed by atoms with Crippen molar-refractivity contribution in [1.29, 1.82) is 0 Å². The van der Waals surface area contributed by atoms with E-state index in [1.54, 1.807) is 4.90 Å². The van der Waals surface area contributed by atoms with Gasteiger partial charge in [0.2, 0.25) is 11.8 Å². The molecule has 2 aliphatic rings. The standard InChI is InChI=1S/C17H22N2O3/c1-2-9-22-15-7-5-14(6-8-15)19-11-12(10-16(19)20)17(21)18-13-3-4-13/h5-8,12-13H,2-4,9-11H2,1H3,(H,18,21). The first-order chi connectivity index (χ1) is 10.7. The van der Waals surface area contributed by atoms with Gasteiger partial charge in [-0.05, 0) is 43.5 Å². The molecule has 22 heavy (non-hydrogen) atoms. The molecule has 0 aromatic heterocycles. The number of nitrogens with zero attached hydrogens (tertiary/aromatic N) is 1. The van der Waals surface area contributed by atoms with Crippen molar-refractivity contribution >= 4 is 17.5 Å². The van der Waals surface area contributed by atoms with Gasteiger partial charge in [-0.15, -0.1) is 0 Å². The summed E-state index contributed by atoms with van der Waals surface area (Å²) in [6.07, 6.45) is 3.39. The Morgan fingerprint density at radius 1 is 1.32 bits per heavy atom. The SMILES string of the molecule is CCCOc1ccc(N2CC(C(=O)NC3CC3)CC2=O)cc1. The van der Waals surface area contributed by atoms with Crippen molar-refractivity contribution in [2.45, 2.75) is 38.6 Å². The van der Waals surface area contributed by atoms with Crippen LogP contribution in [0.15, 0.2) is 24.3 Å². The number of carbonyl (C=O) groups is 2. The van der Waals surface area contributed by atoms with E-state index in [1.807, 2.05) is 24.3 Å². The first-order valence-electron chi connectivity index (χ1n) is 8.01. The molecule has 2 fully saturated rings. The van der Waals surface area contributed by atoms with Crippen LogP contribution in [0, 0.1) is 5.92 Å². The number of amides is 2. The molecule has 118 valence electrons. The Morgan fingerprint density at radius 2 is 2.05 bits per heavy atom. The molecule has 3 rings (SSSR count). The highest BCUT2D eigenvalue weighted by Crippen LogP contribution is 2.28. The fourth-order valence-electron chi connectivity index (χ4n) is 2.62. The molecule has 0 radical (unpaired) electrons. The Bertz CT molecular complexity index is 552. The summed E-state index contributed by atoms with van der Waals surface area (Å²) in [5, 5.41) is 2.98. The Hall–Kier alpha value is -2.04. The van der Waals surface area contributed by atoms with Gasteiger partial charge in [-0.3, -0.25) is 9.59 Å². The average molecular weight is 302 g/mol. The molecule has 1 heterocycles. The van der Waals surface area contributed by atoms with Gasteiger partial charge in [0.1, 0.15) is 5.75 Å². The number of hydrogen-bond donors (Lipinski definition) is 1. The summed E-state index contributed by atoms with van der Waals surface area (Å²) in [5.74, 6) is 0.601. The maximum atomic E-state index is 12.2. The third-order valence-electron chi connectivity index (χ3n) is 4.04. The summed E-state index contributed by atoms with van der Waals surface area (Å²) in [4.78, 5) is 25.9. The van der Waals surface area contributed by atoms with Gasteiger partial charge in [0.05, 0.1) is 12.5 Å². The largest absolute Gasteiger partial charge is 0.494 e. The highest BCUT2D eigenvalue weighted by atomic mass is 16.5. The Labute approximate surface area is 130 Å².